The molecule has 0 fully saturated rings. The standard InChI is InChI=1S/C14H23NO2S/c1-5-18(16,17)7-6-15-10-14-9-12(3)11(2)8-13(14)4/h8-9,15H,5-7,10H2,1-4H3. The van der Waals surface area contributed by atoms with Crippen molar-refractivity contribution in [3.05, 3.63) is 34.4 Å². The maximum atomic E-state index is 11.3. The maximum absolute atomic E-state index is 11.3. The first kappa shape index (κ1) is 15.2. The zero-order valence-corrected chi connectivity index (χ0v) is 12.5. The van der Waals surface area contributed by atoms with E-state index in [1.807, 2.05) is 0 Å². The Hall–Kier alpha value is -0.870. The second kappa shape index (κ2) is 6.34. The predicted molar refractivity (Wildman–Crippen MR) is 76.7 cm³/mol. The number of aryl methyl sites for hydroxylation is 3. The van der Waals surface area contributed by atoms with Crippen LogP contribution >= 0.6 is 0 Å². The Morgan fingerprint density at radius 2 is 1.67 bits per heavy atom. The molecule has 0 aliphatic rings. The first-order chi connectivity index (χ1) is 8.35. The fourth-order valence-corrected chi connectivity index (χ4v) is 2.55. The summed E-state index contributed by atoms with van der Waals surface area (Å²) in [5.41, 5.74) is 5.07. The highest BCUT2D eigenvalue weighted by molar-refractivity contribution is 7.91. The number of hydrogen-bond acceptors (Lipinski definition) is 3. The molecule has 0 aliphatic carbocycles. The van der Waals surface area contributed by atoms with Crippen LogP contribution in [-0.2, 0) is 16.4 Å². The molecule has 1 aromatic carbocycles. The highest BCUT2D eigenvalue weighted by atomic mass is 32.2. The number of rotatable bonds is 6. The number of benzene rings is 1. The molecule has 0 saturated heterocycles. The Morgan fingerprint density at radius 3 is 2.28 bits per heavy atom. The summed E-state index contributed by atoms with van der Waals surface area (Å²) >= 11 is 0. The van der Waals surface area contributed by atoms with Crippen molar-refractivity contribution in [2.75, 3.05) is 18.1 Å². The van der Waals surface area contributed by atoms with Gasteiger partial charge in [-0.1, -0.05) is 19.1 Å². The molecule has 0 amide bonds. The molecule has 1 aromatic rings. The van der Waals surface area contributed by atoms with Gasteiger partial charge < -0.3 is 5.32 Å². The van der Waals surface area contributed by atoms with E-state index in [-0.39, 0.29) is 11.5 Å². The van der Waals surface area contributed by atoms with Gasteiger partial charge >= 0.3 is 0 Å². The van der Waals surface area contributed by atoms with Gasteiger partial charge in [-0.05, 0) is 43.0 Å². The van der Waals surface area contributed by atoms with Crippen LogP contribution in [0.3, 0.4) is 0 Å². The van der Waals surface area contributed by atoms with Crippen LogP contribution in [0, 0.1) is 20.8 Å². The Morgan fingerprint density at radius 1 is 1.06 bits per heavy atom. The molecule has 0 atom stereocenters. The average Bonchev–Trinajstić information content (AvgIpc) is 2.31. The quantitative estimate of drug-likeness (QED) is 0.805. The lowest BCUT2D eigenvalue weighted by Crippen LogP contribution is -2.23. The Bertz CT molecular complexity index is 507. The summed E-state index contributed by atoms with van der Waals surface area (Å²) in [6, 6.07) is 4.35. The fraction of sp³-hybridized carbons (Fsp3) is 0.571. The van der Waals surface area contributed by atoms with E-state index in [2.05, 4.69) is 38.2 Å². The van der Waals surface area contributed by atoms with E-state index in [4.69, 9.17) is 0 Å². The Labute approximate surface area is 111 Å². The highest BCUT2D eigenvalue weighted by Gasteiger charge is 2.07. The summed E-state index contributed by atoms with van der Waals surface area (Å²) in [6.07, 6.45) is 0. The molecule has 0 aromatic heterocycles. The number of sulfone groups is 1. The molecule has 0 spiro atoms. The Kier molecular flexibility index (Phi) is 5.35. The molecule has 0 bridgehead atoms. The lowest BCUT2D eigenvalue weighted by molar-refractivity contribution is 0.592. The molecular formula is C14H23NO2S. The van der Waals surface area contributed by atoms with E-state index < -0.39 is 9.84 Å². The topological polar surface area (TPSA) is 46.2 Å². The van der Waals surface area contributed by atoms with Crippen molar-refractivity contribution in [3.63, 3.8) is 0 Å². The first-order valence-electron chi connectivity index (χ1n) is 6.33. The zero-order chi connectivity index (χ0) is 13.8. The third-order valence-electron chi connectivity index (χ3n) is 3.30. The minimum absolute atomic E-state index is 0.216. The van der Waals surface area contributed by atoms with Gasteiger partial charge in [0.25, 0.3) is 0 Å². The molecule has 4 heteroatoms. The Balaban J connectivity index is 2.52. The number of hydrogen-bond donors (Lipinski definition) is 1. The molecule has 1 rings (SSSR count). The van der Waals surface area contributed by atoms with Crippen molar-refractivity contribution in [1.82, 2.24) is 5.32 Å². The molecule has 1 N–H and O–H groups in total. The van der Waals surface area contributed by atoms with Crippen LogP contribution < -0.4 is 5.32 Å². The first-order valence-corrected chi connectivity index (χ1v) is 8.15. The third-order valence-corrected chi connectivity index (χ3v) is 5.00. The van der Waals surface area contributed by atoms with E-state index >= 15 is 0 Å². The smallest absolute Gasteiger partial charge is 0.151 e. The second-order valence-corrected chi connectivity index (χ2v) is 7.25. The van der Waals surface area contributed by atoms with E-state index in [0.717, 1.165) is 6.54 Å². The average molecular weight is 269 g/mol. The van der Waals surface area contributed by atoms with Crippen LogP contribution in [0.1, 0.15) is 29.2 Å². The minimum atomic E-state index is -2.86. The van der Waals surface area contributed by atoms with Gasteiger partial charge in [-0.25, -0.2) is 8.42 Å². The van der Waals surface area contributed by atoms with Gasteiger partial charge in [-0.15, -0.1) is 0 Å². The zero-order valence-electron chi connectivity index (χ0n) is 11.7. The predicted octanol–water partition coefficient (Wildman–Crippen LogP) is 2.14. The molecule has 3 nitrogen and oxygen atoms in total. The van der Waals surface area contributed by atoms with Crippen molar-refractivity contribution in [2.24, 2.45) is 0 Å². The van der Waals surface area contributed by atoms with Crippen LogP contribution in [0.15, 0.2) is 12.1 Å². The molecule has 0 aliphatic heterocycles. The van der Waals surface area contributed by atoms with E-state index in [1.54, 1.807) is 6.92 Å². The molecule has 102 valence electrons. The van der Waals surface area contributed by atoms with Crippen LogP contribution in [-0.4, -0.2) is 26.5 Å². The van der Waals surface area contributed by atoms with Gasteiger partial charge in [-0.3, -0.25) is 0 Å². The maximum Gasteiger partial charge on any atom is 0.151 e. The van der Waals surface area contributed by atoms with Crippen molar-refractivity contribution in [3.8, 4) is 0 Å². The van der Waals surface area contributed by atoms with Crippen molar-refractivity contribution in [1.29, 1.82) is 0 Å². The highest BCUT2D eigenvalue weighted by Crippen LogP contribution is 2.14. The second-order valence-electron chi connectivity index (χ2n) is 4.78. The van der Waals surface area contributed by atoms with Gasteiger partial charge in [0.1, 0.15) is 0 Å². The summed E-state index contributed by atoms with van der Waals surface area (Å²) in [7, 11) is -2.86. The monoisotopic (exact) mass is 269 g/mol. The van der Waals surface area contributed by atoms with Crippen LogP contribution in [0.25, 0.3) is 0 Å². The van der Waals surface area contributed by atoms with Crippen LogP contribution in [0.2, 0.25) is 0 Å². The van der Waals surface area contributed by atoms with E-state index in [0.29, 0.717) is 6.54 Å². The largest absolute Gasteiger partial charge is 0.312 e. The van der Waals surface area contributed by atoms with Crippen LogP contribution in [0.4, 0.5) is 0 Å². The normalized spacial score (nSPS) is 11.8. The van der Waals surface area contributed by atoms with Gasteiger partial charge in [0.05, 0.1) is 5.75 Å². The third kappa shape index (κ3) is 4.42. The molecular weight excluding hydrogens is 246 g/mol. The van der Waals surface area contributed by atoms with Crippen molar-refractivity contribution in [2.45, 2.75) is 34.2 Å². The lowest BCUT2D eigenvalue weighted by Gasteiger charge is -2.11. The summed E-state index contributed by atoms with van der Waals surface area (Å²) in [4.78, 5) is 0. The minimum Gasteiger partial charge on any atom is -0.312 e. The van der Waals surface area contributed by atoms with E-state index in [1.165, 1.54) is 22.3 Å². The lowest BCUT2D eigenvalue weighted by atomic mass is 10.0. The molecule has 18 heavy (non-hydrogen) atoms. The van der Waals surface area contributed by atoms with Crippen molar-refractivity contribution < 1.29 is 8.42 Å². The van der Waals surface area contributed by atoms with Gasteiger partial charge in [0, 0.05) is 18.8 Å². The molecule has 0 saturated carbocycles. The van der Waals surface area contributed by atoms with E-state index in [9.17, 15) is 8.42 Å². The molecule has 0 heterocycles. The molecule has 0 unspecified atom stereocenters. The van der Waals surface area contributed by atoms with Gasteiger partial charge in [0.2, 0.25) is 0 Å². The van der Waals surface area contributed by atoms with Gasteiger partial charge in [-0.2, -0.15) is 0 Å². The summed E-state index contributed by atoms with van der Waals surface area (Å²) in [5, 5.41) is 3.20. The van der Waals surface area contributed by atoms with Crippen LogP contribution in [0.5, 0.6) is 0 Å². The number of nitrogens with one attached hydrogen (secondary N) is 1. The fourth-order valence-electron chi connectivity index (χ4n) is 1.81. The summed E-state index contributed by atoms with van der Waals surface area (Å²) in [6.45, 7) is 9.22. The molecule has 0 radical (unpaired) electrons. The van der Waals surface area contributed by atoms with Gasteiger partial charge in [0.15, 0.2) is 9.84 Å². The SMILES string of the molecule is CCS(=O)(=O)CCNCc1cc(C)c(C)cc1C. The summed E-state index contributed by atoms with van der Waals surface area (Å²) in [5.74, 6) is 0.435. The van der Waals surface area contributed by atoms with Crippen molar-refractivity contribution >= 4 is 9.84 Å². The summed E-state index contributed by atoms with van der Waals surface area (Å²) < 4.78 is 22.7.